The average Bonchev–Trinajstić information content (AvgIpc) is 3.06. The molecule has 0 N–H and O–H groups in total. The first-order chi connectivity index (χ1) is 9.81. The van der Waals surface area contributed by atoms with Gasteiger partial charge in [-0.25, -0.2) is 0 Å². The highest BCUT2D eigenvalue weighted by atomic mass is 16.5. The molecule has 1 aromatic heterocycles. The highest BCUT2D eigenvalue weighted by molar-refractivity contribution is 5.37. The van der Waals surface area contributed by atoms with Crippen molar-refractivity contribution in [3.8, 4) is 5.75 Å². The second-order valence-corrected chi connectivity index (χ2v) is 5.50. The van der Waals surface area contributed by atoms with Crippen molar-refractivity contribution in [2.75, 3.05) is 20.1 Å². The average molecular weight is 271 g/mol. The lowest BCUT2D eigenvalue weighted by molar-refractivity contribution is 0.167. The molecule has 106 valence electrons. The summed E-state index contributed by atoms with van der Waals surface area (Å²) in [6.45, 7) is 2.05. The Balaban J connectivity index is 1.41. The Kier molecular flexibility index (Phi) is 4.07. The number of aryl methyl sites for hydroxylation is 1. The van der Waals surface area contributed by atoms with E-state index in [1.165, 1.54) is 5.56 Å². The van der Waals surface area contributed by atoms with Crippen molar-refractivity contribution >= 4 is 0 Å². The molecule has 0 amide bonds. The van der Waals surface area contributed by atoms with Crippen LogP contribution in [0.4, 0.5) is 0 Å². The first-order valence-electron chi connectivity index (χ1n) is 7.27. The summed E-state index contributed by atoms with van der Waals surface area (Å²) in [6.07, 6.45) is 5.18. The molecule has 1 aliphatic rings. The van der Waals surface area contributed by atoms with E-state index >= 15 is 0 Å². The lowest BCUT2D eigenvalue weighted by atomic mass is 10.1. The van der Waals surface area contributed by atoms with E-state index in [1.807, 2.05) is 18.2 Å². The van der Waals surface area contributed by atoms with Gasteiger partial charge in [0.05, 0.1) is 6.26 Å². The Hall–Kier alpha value is -1.74. The summed E-state index contributed by atoms with van der Waals surface area (Å²) < 4.78 is 11.3. The van der Waals surface area contributed by atoms with Crippen molar-refractivity contribution in [2.24, 2.45) is 0 Å². The van der Waals surface area contributed by atoms with Gasteiger partial charge in [-0.2, -0.15) is 0 Å². The van der Waals surface area contributed by atoms with E-state index in [0.717, 1.165) is 43.9 Å². The molecule has 3 nitrogen and oxygen atoms in total. The van der Waals surface area contributed by atoms with E-state index in [-0.39, 0.29) is 0 Å². The summed E-state index contributed by atoms with van der Waals surface area (Å²) in [6, 6.07) is 12.3. The van der Waals surface area contributed by atoms with Gasteiger partial charge in [0.2, 0.25) is 0 Å². The standard InChI is InChI=1S/C17H21NO2/c1-18(10-4-7-15-8-5-11-19-15)13-16-12-14-6-2-3-9-17(14)20-16/h2-3,5-6,8-9,11,16H,4,7,10,12-13H2,1H3/t16-/m1/s1. The van der Waals surface area contributed by atoms with Crippen LogP contribution < -0.4 is 4.74 Å². The highest BCUT2D eigenvalue weighted by Crippen LogP contribution is 2.28. The molecular formula is C17H21NO2. The maximum Gasteiger partial charge on any atom is 0.123 e. The number of ether oxygens (including phenoxy) is 1. The van der Waals surface area contributed by atoms with Crippen LogP contribution in [0.2, 0.25) is 0 Å². The third-order valence-electron chi connectivity index (χ3n) is 3.77. The number of likely N-dealkylation sites (N-methyl/N-ethyl adjacent to an activating group) is 1. The molecule has 1 aromatic carbocycles. The predicted octanol–water partition coefficient (Wildman–Crippen LogP) is 3.15. The molecule has 0 fully saturated rings. The first kappa shape index (κ1) is 13.3. The molecule has 0 bridgehead atoms. The number of benzene rings is 1. The van der Waals surface area contributed by atoms with Gasteiger partial charge >= 0.3 is 0 Å². The largest absolute Gasteiger partial charge is 0.488 e. The van der Waals surface area contributed by atoms with Gasteiger partial charge in [-0.15, -0.1) is 0 Å². The fourth-order valence-electron chi connectivity index (χ4n) is 2.77. The Bertz CT molecular complexity index is 511. The van der Waals surface area contributed by atoms with E-state index in [2.05, 4.69) is 30.1 Å². The van der Waals surface area contributed by atoms with Crippen molar-refractivity contribution in [1.29, 1.82) is 0 Å². The van der Waals surface area contributed by atoms with Crippen LogP contribution in [0.25, 0.3) is 0 Å². The molecule has 1 atom stereocenters. The molecule has 2 heterocycles. The Morgan fingerprint density at radius 3 is 2.90 bits per heavy atom. The molecule has 3 heteroatoms. The summed E-state index contributed by atoms with van der Waals surface area (Å²) in [7, 11) is 2.16. The van der Waals surface area contributed by atoms with Gasteiger partial charge < -0.3 is 14.1 Å². The minimum absolute atomic E-state index is 0.293. The number of para-hydroxylation sites is 1. The quantitative estimate of drug-likeness (QED) is 0.807. The first-order valence-corrected chi connectivity index (χ1v) is 7.27. The molecule has 0 aliphatic carbocycles. The zero-order chi connectivity index (χ0) is 13.8. The van der Waals surface area contributed by atoms with Gasteiger partial charge in [0.25, 0.3) is 0 Å². The third-order valence-corrected chi connectivity index (χ3v) is 3.77. The number of furan rings is 1. The monoisotopic (exact) mass is 271 g/mol. The number of fused-ring (bicyclic) bond motifs is 1. The molecule has 0 radical (unpaired) electrons. The summed E-state index contributed by atoms with van der Waals surface area (Å²) in [5.74, 6) is 2.13. The second kappa shape index (κ2) is 6.14. The van der Waals surface area contributed by atoms with Crippen LogP contribution in [0, 0.1) is 0 Å². The van der Waals surface area contributed by atoms with E-state index in [1.54, 1.807) is 6.26 Å². The van der Waals surface area contributed by atoms with E-state index in [4.69, 9.17) is 9.15 Å². The SMILES string of the molecule is CN(CCCc1ccco1)C[C@H]1Cc2ccccc2O1. The minimum atomic E-state index is 0.293. The smallest absolute Gasteiger partial charge is 0.123 e. The van der Waals surface area contributed by atoms with Gasteiger partial charge in [-0.3, -0.25) is 0 Å². The molecule has 0 saturated carbocycles. The summed E-state index contributed by atoms with van der Waals surface area (Å²) in [5.41, 5.74) is 1.33. The van der Waals surface area contributed by atoms with Crippen molar-refractivity contribution in [3.05, 3.63) is 54.0 Å². The Morgan fingerprint density at radius 2 is 2.10 bits per heavy atom. The zero-order valence-corrected chi connectivity index (χ0v) is 11.9. The van der Waals surface area contributed by atoms with E-state index in [0.29, 0.717) is 6.10 Å². The van der Waals surface area contributed by atoms with Crippen LogP contribution in [-0.2, 0) is 12.8 Å². The van der Waals surface area contributed by atoms with Crippen molar-refractivity contribution < 1.29 is 9.15 Å². The van der Waals surface area contributed by atoms with Gasteiger partial charge in [0, 0.05) is 19.4 Å². The van der Waals surface area contributed by atoms with Crippen molar-refractivity contribution in [2.45, 2.75) is 25.4 Å². The normalized spacial score (nSPS) is 17.2. The molecule has 1 aliphatic heterocycles. The van der Waals surface area contributed by atoms with Crippen LogP contribution in [0.15, 0.2) is 47.1 Å². The molecule has 3 rings (SSSR count). The third kappa shape index (κ3) is 3.23. The lowest BCUT2D eigenvalue weighted by Crippen LogP contribution is -2.32. The lowest BCUT2D eigenvalue weighted by Gasteiger charge is -2.20. The molecule has 2 aromatic rings. The number of hydrogen-bond donors (Lipinski definition) is 0. The summed E-state index contributed by atoms with van der Waals surface area (Å²) in [4.78, 5) is 2.35. The predicted molar refractivity (Wildman–Crippen MR) is 79.1 cm³/mol. The van der Waals surface area contributed by atoms with Crippen LogP contribution in [0.3, 0.4) is 0 Å². The Morgan fingerprint density at radius 1 is 1.20 bits per heavy atom. The number of nitrogens with zero attached hydrogens (tertiary/aromatic N) is 1. The van der Waals surface area contributed by atoms with Crippen LogP contribution in [0.5, 0.6) is 5.75 Å². The van der Waals surface area contributed by atoms with Crippen molar-refractivity contribution in [3.63, 3.8) is 0 Å². The topological polar surface area (TPSA) is 25.6 Å². The molecule has 0 spiro atoms. The fourth-order valence-corrected chi connectivity index (χ4v) is 2.77. The number of rotatable bonds is 6. The van der Waals surface area contributed by atoms with Crippen molar-refractivity contribution in [1.82, 2.24) is 4.90 Å². The van der Waals surface area contributed by atoms with Crippen LogP contribution in [0.1, 0.15) is 17.7 Å². The Labute approximate surface area is 120 Å². The highest BCUT2D eigenvalue weighted by Gasteiger charge is 2.23. The number of hydrogen-bond acceptors (Lipinski definition) is 3. The molecule has 0 unspecified atom stereocenters. The van der Waals surface area contributed by atoms with E-state index in [9.17, 15) is 0 Å². The molecular weight excluding hydrogens is 250 g/mol. The van der Waals surface area contributed by atoms with Crippen LogP contribution in [-0.4, -0.2) is 31.1 Å². The maximum atomic E-state index is 5.97. The zero-order valence-electron chi connectivity index (χ0n) is 11.9. The summed E-state index contributed by atoms with van der Waals surface area (Å²) >= 11 is 0. The van der Waals surface area contributed by atoms with E-state index < -0.39 is 0 Å². The fraction of sp³-hybridized carbons (Fsp3) is 0.412. The van der Waals surface area contributed by atoms with Gasteiger partial charge in [0.1, 0.15) is 17.6 Å². The van der Waals surface area contributed by atoms with Gasteiger partial charge in [0.15, 0.2) is 0 Å². The second-order valence-electron chi connectivity index (χ2n) is 5.50. The minimum Gasteiger partial charge on any atom is -0.488 e. The van der Waals surface area contributed by atoms with Crippen LogP contribution >= 0.6 is 0 Å². The molecule has 0 saturated heterocycles. The van der Waals surface area contributed by atoms with Gasteiger partial charge in [-0.05, 0) is 43.8 Å². The van der Waals surface area contributed by atoms with Gasteiger partial charge in [-0.1, -0.05) is 18.2 Å². The summed E-state index contributed by atoms with van der Waals surface area (Å²) in [5, 5.41) is 0. The maximum absolute atomic E-state index is 5.97. The molecule has 20 heavy (non-hydrogen) atoms.